The van der Waals surface area contributed by atoms with E-state index in [9.17, 15) is 14.7 Å². The van der Waals surface area contributed by atoms with Crippen LogP contribution in [0.1, 0.15) is 32.1 Å². The molecule has 0 bridgehead atoms. The molecule has 1 heterocycles. The Balaban J connectivity index is 1.24. The Hall–Kier alpha value is -1.54. The van der Waals surface area contributed by atoms with Crippen molar-refractivity contribution in [1.29, 1.82) is 0 Å². The van der Waals surface area contributed by atoms with E-state index in [0.717, 1.165) is 32.1 Å². The summed E-state index contributed by atoms with van der Waals surface area (Å²) < 4.78 is 5.53. The number of hydrogen-bond acceptors (Lipinski definition) is 5. The number of nitrogens with one attached hydrogen (secondary N) is 3. The third kappa shape index (κ3) is 5.28. The van der Waals surface area contributed by atoms with E-state index in [1.807, 2.05) is 0 Å². The van der Waals surface area contributed by atoms with E-state index >= 15 is 0 Å². The molecule has 0 aromatic heterocycles. The van der Waals surface area contributed by atoms with Gasteiger partial charge in [-0.1, -0.05) is 23.2 Å². The van der Waals surface area contributed by atoms with E-state index in [-0.39, 0.29) is 49.1 Å². The van der Waals surface area contributed by atoms with E-state index in [1.165, 1.54) is 0 Å². The van der Waals surface area contributed by atoms with E-state index in [2.05, 4.69) is 16.0 Å². The monoisotopic (exact) mass is 469 g/mol. The molecule has 6 atom stereocenters. The summed E-state index contributed by atoms with van der Waals surface area (Å²) in [5.74, 6) is 1.16. The van der Waals surface area contributed by atoms with Gasteiger partial charge >= 0.3 is 0 Å². The molecule has 7 nitrogen and oxygen atoms in total. The van der Waals surface area contributed by atoms with Gasteiger partial charge in [0.05, 0.1) is 22.6 Å². The van der Waals surface area contributed by atoms with Crippen LogP contribution in [0.5, 0.6) is 5.75 Å². The quantitative estimate of drug-likeness (QED) is 0.490. The maximum absolute atomic E-state index is 12.7. The zero-order valence-corrected chi connectivity index (χ0v) is 18.8. The minimum atomic E-state index is -0.180. The number of carbonyl (C=O) groups is 2. The van der Waals surface area contributed by atoms with E-state index in [4.69, 9.17) is 27.9 Å². The predicted molar refractivity (Wildman–Crippen MR) is 118 cm³/mol. The molecule has 3 fully saturated rings. The molecule has 170 valence electrons. The number of rotatable bonds is 7. The van der Waals surface area contributed by atoms with Crippen LogP contribution in [0.2, 0.25) is 10.0 Å². The average Bonchev–Trinajstić information content (AvgIpc) is 2.96. The molecule has 1 saturated heterocycles. The fourth-order valence-corrected chi connectivity index (χ4v) is 5.35. The normalized spacial score (nSPS) is 32.0. The van der Waals surface area contributed by atoms with Gasteiger partial charge in [-0.2, -0.15) is 0 Å². The maximum Gasteiger partial charge on any atom is 0.258 e. The predicted octanol–water partition coefficient (Wildman–Crippen LogP) is 2.13. The molecule has 4 N–H and O–H groups in total. The minimum Gasteiger partial charge on any atom is -0.484 e. The molecule has 1 aromatic carbocycles. The first-order valence-corrected chi connectivity index (χ1v) is 11.7. The number of carbonyl (C=O) groups excluding carboxylic acids is 2. The Morgan fingerprint density at radius 2 is 1.81 bits per heavy atom. The SMILES string of the molecule is O=C(COc1ccc(Cl)c(Cl)c1)N[C@H]1CC(NC(=O)C2CCC(CO)NC2)C2CCC21. The molecule has 4 rings (SSSR count). The first-order chi connectivity index (χ1) is 14.9. The number of fused-ring (bicyclic) bond motifs is 1. The molecule has 2 aliphatic carbocycles. The van der Waals surface area contributed by atoms with Gasteiger partial charge in [0, 0.05) is 30.7 Å². The first-order valence-electron chi connectivity index (χ1n) is 11.0. The van der Waals surface area contributed by atoms with Crippen LogP contribution in [-0.4, -0.2) is 54.8 Å². The smallest absolute Gasteiger partial charge is 0.258 e. The van der Waals surface area contributed by atoms with Gasteiger partial charge in [0.15, 0.2) is 6.61 Å². The van der Waals surface area contributed by atoms with Crippen molar-refractivity contribution in [2.45, 2.75) is 50.2 Å². The highest BCUT2D eigenvalue weighted by Crippen LogP contribution is 2.47. The first kappa shape index (κ1) is 22.6. The van der Waals surface area contributed by atoms with Crippen LogP contribution in [0.25, 0.3) is 0 Å². The Morgan fingerprint density at radius 1 is 1.06 bits per heavy atom. The Morgan fingerprint density at radius 3 is 2.42 bits per heavy atom. The van der Waals surface area contributed by atoms with E-state index < -0.39 is 0 Å². The Bertz CT molecular complexity index is 816. The fourth-order valence-electron chi connectivity index (χ4n) is 5.07. The van der Waals surface area contributed by atoms with Gasteiger partial charge in [-0.05, 0) is 56.1 Å². The lowest BCUT2D eigenvalue weighted by atomic mass is 9.73. The summed E-state index contributed by atoms with van der Waals surface area (Å²) in [6, 6.07) is 5.14. The number of benzene rings is 1. The second-order valence-corrected chi connectivity index (χ2v) is 9.67. The third-order valence-corrected chi connectivity index (χ3v) is 7.71. The van der Waals surface area contributed by atoms with Crippen molar-refractivity contribution in [2.24, 2.45) is 17.8 Å². The highest BCUT2D eigenvalue weighted by atomic mass is 35.5. The fraction of sp³-hybridized carbons (Fsp3) is 0.636. The molecule has 31 heavy (non-hydrogen) atoms. The number of hydrogen-bond donors (Lipinski definition) is 4. The van der Waals surface area contributed by atoms with Crippen molar-refractivity contribution in [2.75, 3.05) is 19.8 Å². The van der Waals surface area contributed by atoms with E-state index in [0.29, 0.717) is 34.2 Å². The van der Waals surface area contributed by atoms with Gasteiger partial charge in [-0.25, -0.2) is 0 Å². The lowest BCUT2D eigenvalue weighted by Gasteiger charge is -2.37. The second-order valence-electron chi connectivity index (χ2n) is 8.86. The van der Waals surface area contributed by atoms with Crippen molar-refractivity contribution in [1.82, 2.24) is 16.0 Å². The molecule has 2 saturated carbocycles. The number of halogens is 2. The van der Waals surface area contributed by atoms with Crippen LogP contribution in [0.15, 0.2) is 18.2 Å². The molecular weight excluding hydrogens is 441 g/mol. The molecule has 0 radical (unpaired) electrons. The molecule has 9 heteroatoms. The topological polar surface area (TPSA) is 99.7 Å². The van der Waals surface area contributed by atoms with Gasteiger partial charge in [0.1, 0.15) is 5.75 Å². The Kier molecular flexibility index (Phi) is 7.26. The summed E-state index contributed by atoms with van der Waals surface area (Å²) in [5.41, 5.74) is 0. The molecule has 1 aromatic rings. The number of aliphatic hydroxyl groups excluding tert-OH is 1. The zero-order valence-electron chi connectivity index (χ0n) is 17.3. The van der Waals surface area contributed by atoms with Gasteiger partial charge in [0.2, 0.25) is 5.91 Å². The van der Waals surface area contributed by atoms with Crippen LogP contribution in [0.4, 0.5) is 0 Å². The lowest BCUT2D eigenvalue weighted by molar-refractivity contribution is -0.127. The summed E-state index contributed by atoms with van der Waals surface area (Å²) >= 11 is 11.9. The Labute approximate surface area is 192 Å². The van der Waals surface area contributed by atoms with E-state index in [1.54, 1.807) is 18.2 Å². The molecule has 5 unspecified atom stereocenters. The number of ether oxygens (including phenoxy) is 1. The van der Waals surface area contributed by atoms with Crippen molar-refractivity contribution >= 4 is 35.0 Å². The molecule has 0 spiro atoms. The summed E-state index contributed by atoms with van der Waals surface area (Å²) in [6.07, 6.45) is 4.50. The molecular formula is C22H29Cl2N3O4. The highest BCUT2D eigenvalue weighted by Gasteiger charge is 2.49. The number of piperidine rings is 1. The van der Waals surface area contributed by atoms with Crippen LogP contribution >= 0.6 is 23.2 Å². The summed E-state index contributed by atoms with van der Waals surface area (Å²) in [7, 11) is 0. The molecule has 2 amide bonds. The van der Waals surface area contributed by atoms with Crippen molar-refractivity contribution in [3.63, 3.8) is 0 Å². The van der Waals surface area contributed by atoms with Crippen molar-refractivity contribution < 1.29 is 19.4 Å². The number of amides is 2. The maximum atomic E-state index is 12.7. The van der Waals surface area contributed by atoms with Crippen LogP contribution in [0.3, 0.4) is 0 Å². The van der Waals surface area contributed by atoms with Crippen LogP contribution < -0.4 is 20.7 Å². The lowest BCUT2D eigenvalue weighted by Crippen LogP contribution is -2.50. The van der Waals surface area contributed by atoms with Crippen LogP contribution in [0, 0.1) is 17.8 Å². The second kappa shape index (κ2) is 9.94. The minimum absolute atomic E-state index is 0.0530. The summed E-state index contributed by atoms with van der Waals surface area (Å²) in [6.45, 7) is 0.615. The standard InChI is InChI=1S/C22H29Cl2N3O4/c23-17-6-3-14(7-18(17)24)31-11-21(29)26-19-8-20(16-5-4-15(16)19)27-22(30)12-1-2-13(10-28)25-9-12/h3,6-7,12-13,15-16,19-20,25,28H,1-2,4-5,8-11H2,(H,26,29)(H,27,30)/t12?,13?,15?,16?,19-,20?/m0/s1. The van der Waals surface area contributed by atoms with Gasteiger partial charge < -0.3 is 25.8 Å². The summed E-state index contributed by atoms with van der Waals surface area (Å²) in [4.78, 5) is 25.1. The van der Waals surface area contributed by atoms with Crippen molar-refractivity contribution in [3.05, 3.63) is 28.2 Å². The van der Waals surface area contributed by atoms with Gasteiger partial charge in [-0.15, -0.1) is 0 Å². The van der Waals surface area contributed by atoms with Crippen LogP contribution in [-0.2, 0) is 9.59 Å². The van der Waals surface area contributed by atoms with Crippen molar-refractivity contribution in [3.8, 4) is 5.75 Å². The van der Waals surface area contributed by atoms with Gasteiger partial charge in [-0.3, -0.25) is 9.59 Å². The third-order valence-electron chi connectivity index (χ3n) is 6.97. The zero-order chi connectivity index (χ0) is 22.0. The molecule has 3 aliphatic rings. The summed E-state index contributed by atoms with van der Waals surface area (Å²) in [5, 5.41) is 19.6. The number of aliphatic hydroxyl groups is 1. The largest absolute Gasteiger partial charge is 0.484 e. The highest BCUT2D eigenvalue weighted by molar-refractivity contribution is 6.42. The average molecular weight is 470 g/mol. The van der Waals surface area contributed by atoms with Gasteiger partial charge in [0.25, 0.3) is 5.91 Å². The molecule has 1 aliphatic heterocycles.